The fourth-order valence-electron chi connectivity index (χ4n) is 2.86. The summed E-state index contributed by atoms with van der Waals surface area (Å²) in [5, 5.41) is 6.84. The smallest absolute Gasteiger partial charge is 0.251 e. The van der Waals surface area contributed by atoms with Crippen molar-refractivity contribution in [3.8, 4) is 17.1 Å². The molecule has 0 bridgehead atoms. The van der Waals surface area contributed by atoms with E-state index in [-0.39, 0.29) is 12.0 Å². The summed E-state index contributed by atoms with van der Waals surface area (Å²) >= 11 is 0. The minimum absolute atomic E-state index is 0.174. The monoisotopic (exact) mass is 335 g/mol. The van der Waals surface area contributed by atoms with Gasteiger partial charge in [0.25, 0.3) is 5.91 Å². The van der Waals surface area contributed by atoms with Crippen molar-refractivity contribution in [1.82, 2.24) is 15.5 Å². The number of hydrogen-bond acceptors (Lipinski definition) is 5. The molecule has 0 spiro atoms. The Labute approximate surface area is 144 Å². The van der Waals surface area contributed by atoms with Gasteiger partial charge in [-0.05, 0) is 30.7 Å². The average Bonchev–Trinajstić information content (AvgIpc) is 3.25. The molecule has 6 heteroatoms. The number of carbonyl (C=O) groups is 1. The first-order chi connectivity index (χ1) is 12.2. The molecule has 4 rings (SSSR count). The van der Waals surface area contributed by atoms with Gasteiger partial charge in [-0.25, -0.2) is 0 Å². The van der Waals surface area contributed by atoms with Crippen LogP contribution in [0.4, 0.5) is 0 Å². The van der Waals surface area contributed by atoms with Crippen LogP contribution in [-0.4, -0.2) is 22.2 Å². The lowest BCUT2D eigenvalue weighted by atomic mass is 10.1. The van der Waals surface area contributed by atoms with Crippen LogP contribution in [0.15, 0.2) is 53.3 Å². The van der Waals surface area contributed by atoms with Gasteiger partial charge >= 0.3 is 0 Å². The van der Waals surface area contributed by atoms with E-state index in [1.807, 2.05) is 18.2 Å². The Morgan fingerprint density at radius 3 is 2.92 bits per heavy atom. The molecule has 0 saturated heterocycles. The summed E-state index contributed by atoms with van der Waals surface area (Å²) in [6.07, 6.45) is 4.30. The maximum atomic E-state index is 12.0. The quantitative estimate of drug-likeness (QED) is 0.793. The van der Waals surface area contributed by atoms with E-state index in [1.165, 1.54) is 5.56 Å². The zero-order valence-electron chi connectivity index (χ0n) is 13.7. The second-order valence-corrected chi connectivity index (χ2v) is 6.06. The van der Waals surface area contributed by atoms with Crippen molar-refractivity contribution in [3.05, 3.63) is 65.6 Å². The van der Waals surface area contributed by atoms with Gasteiger partial charge in [0.2, 0.25) is 0 Å². The van der Waals surface area contributed by atoms with E-state index in [0.717, 1.165) is 17.7 Å². The predicted molar refractivity (Wildman–Crippen MR) is 91.1 cm³/mol. The standard InChI is InChI=1S/C19H17N3O3/c1-12-8-14-2-3-15(9-17(14)24-12)18-10-16(22-25-18)11-21-19(23)13-4-6-20-7-5-13/h2-7,9-10,12H,8,11H2,1H3,(H,21,23). The summed E-state index contributed by atoms with van der Waals surface area (Å²) in [5.41, 5.74) is 3.34. The van der Waals surface area contributed by atoms with E-state index in [2.05, 4.69) is 28.4 Å². The van der Waals surface area contributed by atoms with E-state index >= 15 is 0 Å². The van der Waals surface area contributed by atoms with Crippen LogP contribution in [0, 0.1) is 0 Å². The number of aromatic nitrogens is 2. The largest absolute Gasteiger partial charge is 0.490 e. The first kappa shape index (κ1) is 15.4. The molecule has 1 aliphatic rings. The number of nitrogens with zero attached hydrogens (tertiary/aromatic N) is 2. The number of fused-ring (bicyclic) bond motifs is 1. The molecule has 6 nitrogen and oxygen atoms in total. The third kappa shape index (κ3) is 3.24. The van der Waals surface area contributed by atoms with Crippen LogP contribution in [0.5, 0.6) is 5.75 Å². The fraction of sp³-hybridized carbons (Fsp3) is 0.211. The zero-order chi connectivity index (χ0) is 17.2. The lowest BCUT2D eigenvalue weighted by molar-refractivity contribution is 0.0950. The maximum Gasteiger partial charge on any atom is 0.251 e. The molecule has 1 unspecified atom stereocenters. The number of carbonyl (C=O) groups excluding carboxylic acids is 1. The highest BCUT2D eigenvalue weighted by Crippen LogP contribution is 2.33. The van der Waals surface area contributed by atoms with E-state index in [4.69, 9.17) is 9.26 Å². The summed E-state index contributed by atoms with van der Waals surface area (Å²) in [6.45, 7) is 2.35. The minimum Gasteiger partial charge on any atom is -0.490 e. The van der Waals surface area contributed by atoms with Crippen molar-refractivity contribution in [3.63, 3.8) is 0 Å². The number of rotatable bonds is 4. The van der Waals surface area contributed by atoms with Crippen LogP contribution in [0.3, 0.4) is 0 Å². The SMILES string of the molecule is CC1Cc2ccc(-c3cc(CNC(=O)c4ccncc4)no3)cc2O1. The molecule has 1 amide bonds. The number of benzene rings is 1. The van der Waals surface area contributed by atoms with Crippen LogP contribution in [0.1, 0.15) is 28.5 Å². The van der Waals surface area contributed by atoms with Gasteiger partial charge in [-0.1, -0.05) is 17.3 Å². The number of ether oxygens (including phenoxy) is 1. The third-order valence-electron chi connectivity index (χ3n) is 4.12. The van der Waals surface area contributed by atoms with Crippen molar-refractivity contribution in [2.24, 2.45) is 0 Å². The maximum absolute atomic E-state index is 12.0. The fourth-order valence-corrected chi connectivity index (χ4v) is 2.86. The highest BCUT2D eigenvalue weighted by molar-refractivity contribution is 5.93. The Kier molecular flexibility index (Phi) is 3.93. The van der Waals surface area contributed by atoms with Crippen LogP contribution in [0.2, 0.25) is 0 Å². The molecule has 25 heavy (non-hydrogen) atoms. The topological polar surface area (TPSA) is 77.3 Å². The molecule has 0 radical (unpaired) electrons. The number of hydrogen-bond donors (Lipinski definition) is 1. The molecule has 2 aromatic heterocycles. The van der Waals surface area contributed by atoms with E-state index in [9.17, 15) is 4.79 Å². The summed E-state index contributed by atoms with van der Waals surface area (Å²) in [5.74, 6) is 1.37. The summed E-state index contributed by atoms with van der Waals surface area (Å²) < 4.78 is 11.2. The summed E-state index contributed by atoms with van der Waals surface area (Å²) in [4.78, 5) is 15.9. The Morgan fingerprint density at radius 2 is 2.08 bits per heavy atom. The Hall–Kier alpha value is -3.15. The van der Waals surface area contributed by atoms with Gasteiger partial charge in [0.15, 0.2) is 5.76 Å². The number of nitrogens with one attached hydrogen (secondary N) is 1. The highest BCUT2D eigenvalue weighted by Gasteiger charge is 2.20. The van der Waals surface area contributed by atoms with Gasteiger partial charge in [-0.2, -0.15) is 0 Å². The molecule has 126 valence electrons. The Balaban J connectivity index is 1.44. The lowest BCUT2D eigenvalue weighted by Gasteiger charge is -2.03. The molecule has 1 aliphatic heterocycles. The van der Waals surface area contributed by atoms with Crippen molar-refractivity contribution < 1.29 is 14.1 Å². The minimum atomic E-state index is -0.174. The van der Waals surface area contributed by atoms with Crippen molar-refractivity contribution in [2.45, 2.75) is 26.0 Å². The molecule has 1 aromatic carbocycles. The summed E-state index contributed by atoms with van der Waals surface area (Å²) in [7, 11) is 0. The van der Waals surface area contributed by atoms with Gasteiger partial charge < -0.3 is 14.6 Å². The molecule has 0 saturated carbocycles. The zero-order valence-corrected chi connectivity index (χ0v) is 13.7. The number of amides is 1. The van der Waals surface area contributed by atoms with Crippen LogP contribution in [-0.2, 0) is 13.0 Å². The molecule has 1 atom stereocenters. The van der Waals surface area contributed by atoms with Crippen molar-refractivity contribution >= 4 is 5.91 Å². The first-order valence-corrected chi connectivity index (χ1v) is 8.13. The third-order valence-corrected chi connectivity index (χ3v) is 4.12. The Morgan fingerprint density at radius 1 is 1.24 bits per heavy atom. The molecular formula is C19H17N3O3. The lowest BCUT2D eigenvalue weighted by Crippen LogP contribution is -2.22. The number of pyridine rings is 1. The van der Waals surface area contributed by atoms with Crippen LogP contribution < -0.4 is 10.1 Å². The molecule has 3 aromatic rings. The molecule has 1 N–H and O–H groups in total. The molecule has 0 aliphatic carbocycles. The van der Waals surface area contributed by atoms with E-state index in [1.54, 1.807) is 24.5 Å². The van der Waals surface area contributed by atoms with Gasteiger partial charge in [-0.15, -0.1) is 0 Å². The van der Waals surface area contributed by atoms with Gasteiger partial charge in [-0.3, -0.25) is 9.78 Å². The molecular weight excluding hydrogens is 318 g/mol. The van der Waals surface area contributed by atoms with Crippen LogP contribution >= 0.6 is 0 Å². The molecule has 3 heterocycles. The van der Waals surface area contributed by atoms with E-state index < -0.39 is 0 Å². The first-order valence-electron chi connectivity index (χ1n) is 8.13. The van der Waals surface area contributed by atoms with E-state index in [0.29, 0.717) is 23.6 Å². The predicted octanol–water partition coefficient (Wildman–Crippen LogP) is 2.99. The van der Waals surface area contributed by atoms with Crippen molar-refractivity contribution in [1.29, 1.82) is 0 Å². The summed E-state index contributed by atoms with van der Waals surface area (Å²) in [6, 6.07) is 11.2. The van der Waals surface area contributed by atoms with Gasteiger partial charge in [0.1, 0.15) is 17.5 Å². The second kappa shape index (κ2) is 6.39. The Bertz CT molecular complexity index is 905. The normalized spacial score (nSPS) is 15.5. The highest BCUT2D eigenvalue weighted by atomic mass is 16.5. The van der Waals surface area contributed by atoms with Crippen molar-refractivity contribution in [2.75, 3.05) is 0 Å². The van der Waals surface area contributed by atoms with Gasteiger partial charge in [0.05, 0.1) is 6.54 Å². The molecule has 0 fully saturated rings. The average molecular weight is 335 g/mol. The van der Waals surface area contributed by atoms with Gasteiger partial charge in [0, 0.05) is 36.0 Å². The second-order valence-electron chi connectivity index (χ2n) is 6.06. The van der Waals surface area contributed by atoms with Crippen LogP contribution in [0.25, 0.3) is 11.3 Å².